The van der Waals surface area contributed by atoms with Crippen LogP contribution in [0.3, 0.4) is 0 Å². The molecule has 112 valence electrons. The zero-order valence-electron chi connectivity index (χ0n) is 12.7. The summed E-state index contributed by atoms with van der Waals surface area (Å²) in [5.41, 5.74) is 10.8. The zero-order chi connectivity index (χ0) is 15.0. The van der Waals surface area contributed by atoms with Crippen molar-refractivity contribution >= 4 is 0 Å². The van der Waals surface area contributed by atoms with Crippen molar-refractivity contribution in [1.29, 1.82) is 0 Å². The molecule has 0 radical (unpaired) electrons. The molecule has 1 aliphatic rings. The van der Waals surface area contributed by atoms with Gasteiger partial charge < -0.3 is 15.2 Å². The number of nitrogens with two attached hydrogens (primary N) is 1. The lowest BCUT2D eigenvalue weighted by atomic mass is 10.1. The van der Waals surface area contributed by atoms with Crippen molar-refractivity contribution in [3.05, 3.63) is 40.7 Å². The third-order valence-corrected chi connectivity index (χ3v) is 4.11. The molecule has 1 aliphatic heterocycles. The van der Waals surface area contributed by atoms with Gasteiger partial charge in [-0.1, -0.05) is 6.07 Å². The summed E-state index contributed by atoms with van der Waals surface area (Å²) >= 11 is 0. The molecule has 2 N–H and O–H groups in total. The number of hydrogen-bond donors (Lipinski definition) is 1. The van der Waals surface area contributed by atoms with E-state index in [1.54, 1.807) is 0 Å². The largest absolute Gasteiger partial charge is 0.486 e. The molecule has 2 heterocycles. The maximum absolute atomic E-state index is 6.33. The Morgan fingerprint density at radius 3 is 2.57 bits per heavy atom. The first kappa shape index (κ1) is 13.9. The SMILES string of the molecule is Cc1nn(CC(N)c2ccc3c(c2)OCCO3)c(C)c1C. The lowest BCUT2D eigenvalue weighted by molar-refractivity contribution is 0.171. The fraction of sp³-hybridized carbons (Fsp3) is 0.438. The van der Waals surface area contributed by atoms with Gasteiger partial charge in [-0.15, -0.1) is 0 Å². The summed E-state index contributed by atoms with van der Waals surface area (Å²) in [7, 11) is 0. The molecular formula is C16H21N3O2. The zero-order valence-corrected chi connectivity index (χ0v) is 12.7. The second-order valence-corrected chi connectivity index (χ2v) is 5.49. The van der Waals surface area contributed by atoms with Crippen molar-refractivity contribution in [2.75, 3.05) is 13.2 Å². The van der Waals surface area contributed by atoms with Crippen molar-refractivity contribution < 1.29 is 9.47 Å². The molecule has 0 amide bonds. The first-order valence-electron chi connectivity index (χ1n) is 7.22. The number of nitrogens with zero attached hydrogens (tertiary/aromatic N) is 2. The fourth-order valence-electron chi connectivity index (χ4n) is 2.55. The van der Waals surface area contributed by atoms with Gasteiger partial charge in [-0.05, 0) is 44.0 Å². The summed E-state index contributed by atoms with van der Waals surface area (Å²) in [4.78, 5) is 0. The molecule has 1 aromatic heterocycles. The summed E-state index contributed by atoms with van der Waals surface area (Å²) in [5, 5.41) is 4.54. The average molecular weight is 287 g/mol. The highest BCUT2D eigenvalue weighted by molar-refractivity contribution is 5.44. The van der Waals surface area contributed by atoms with E-state index in [-0.39, 0.29) is 6.04 Å². The van der Waals surface area contributed by atoms with Crippen LogP contribution in [-0.2, 0) is 6.54 Å². The van der Waals surface area contributed by atoms with Crippen LogP contribution >= 0.6 is 0 Å². The molecule has 0 fully saturated rings. The second kappa shape index (κ2) is 5.41. The summed E-state index contributed by atoms with van der Waals surface area (Å²) in [5.74, 6) is 1.57. The van der Waals surface area contributed by atoms with E-state index in [1.165, 1.54) is 11.3 Å². The maximum atomic E-state index is 6.33. The van der Waals surface area contributed by atoms with Crippen LogP contribution in [0.2, 0.25) is 0 Å². The van der Waals surface area contributed by atoms with Gasteiger partial charge in [0.05, 0.1) is 12.2 Å². The highest BCUT2D eigenvalue weighted by atomic mass is 16.6. The number of hydrogen-bond acceptors (Lipinski definition) is 4. The monoisotopic (exact) mass is 287 g/mol. The molecule has 1 unspecified atom stereocenters. The van der Waals surface area contributed by atoms with E-state index >= 15 is 0 Å². The van der Waals surface area contributed by atoms with Gasteiger partial charge in [0.15, 0.2) is 11.5 Å². The second-order valence-electron chi connectivity index (χ2n) is 5.49. The van der Waals surface area contributed by atoms with Crippen LogP contribution in [0.4, 0.5) is 0 Å². The minimum Gasteiger partial charge on any atom is -0.486 e. The first-order valence-corrected chi connectivity index (χ1v) is 7.22. The third kappa shape index (κ3) is 2.61. The molecular weight excluding hydrogens is 266 g/mol. The Kier molecular flexibility index (Phi) is 3.59. The Morgan fingerprint density at radius 1 is 1.19 bits per heavy atom. The smallest absolute Gasteiger partial charge is 0.161 e. The molecule has 0 aliphatic carbocycles. The predicted molar refractivity (Wildman–Crippen MR) is 80.8 cm³/mol. The van der Waals surface area contributed by atoms with Gasteiger partial charge in [0, 0.05) is 11.7 Å². The van der Waals surface area contributed by atoms with Crippen LogP contribution < -0.4 is 15.2 Å². The number of aryl methyl sites for hydroxylation is 1. The fourth-order valence-corrected chi connectivity index (χ4v) is 2.55. The number of fused-ring (bicyclic) bond motifs is 1. The number of ether oxygens (including phenoxy) is 2. The molecule has 0 saturated carbocycles. The molecule has 3 rings (SSSR count). The molecule has 1 atom stereocenters. The van der Waals surface area contributed by atoms with Gasteiger partial charge in [0.1, 0.15) is 13.2 Å². The number of benzene rings is 1. The highest BCUT2D eigenvalue weighted by Crippen LogP contribution is 2.32. The van der Waals surface area contributed by atoms with E-state index in [9.17, 15) is 0 Å². The molecule has 0 spiro atoms. The standard InChI is InChI=1S/C16H21N3O2/c1-10-11(2)18-19(12(10)3)9-14(17)13-4-5-15-16(8-13)21-7-6-20-15/h4-5,8,14H,6-7,9,17H2,1-3H3. The Morgan fingerprint density at radius 2 is 1.90 bits per heavy atom. The first-order chi connectivity index (χ1) is 10.1. The van der Waals surface area contributed by atoms with Crippen LogP contribution in [0.15, 0.2) is 18.2 Å². The van der Waals surface area contributed by atoms with Crippen LogP contribution in [0, 0.1) is 20.8 Å². The van der Waals surface area contributed by atoms with E-state index in [0.29, 0.717) is 19.8 Å². The van der Waals surface area contributed by atoms with Gasteiger partial charge in [-0.2, -0.15) is 5.10 Å². The van der Waals surface area contributed by atoms with Crippen LogP contribution in [-0.4, -0.2) is 23.0 Å². The highest BCUT2D eigenvalue weighted by Gasteiger charge is 2.16. The van der Waals surface area contributed by atoms with E-state index in [4.69, 9.17) is 15.2 Å². The third-order valence-electron chi connectivity index (χ3n) is 4.11. The van der Waals surface area contributed by atoms with Gasteiger partial charge in [0.2, 0.25) is 0 Å². The van der Waals surface area contributed by atoms with Crippen LogP contribution in [0.25, 0.3) is 0 Å². The summed E-state index contributed by atoms with van der Waals surface area (Å²) in [6, 6.07) is 5.77. The molecule has 21 heavy (non-hydrogen) atoms. The van der Waals surface area contributed by atoms with E-state index in [0.717, 1.165) is 22.8 Å². The Labute approximate surface area is 124 Å². The number of aromatic nitrogens is 2. The Balaban J connectivity index is 1.81. The summed E-state index contributed by atoms with van der Waals surface area (Å²) in [6.45, 7) is 8.02. The molecule has 0 saturated heterocycles. The van der Waals surface area contributed by atoms with Crippen molar-refractivity contribution in [2.45, 2.75) is 33.4 Å². The molecule has 5 nitrogen and oxygen atoms in total. The van der Waals surface area contributed by atoms with E-state index in [1.807, 2.05) is 29.8 Å². The molecule has 5 heteroatoms. The van der Waals surface area contributed by atoms with Gasteiger partial charge in [-0.25, -0.2) is 0 Å². The topological polar surface area (TPSA) is 62.3 Å². The number of rotatable bonds is 3. The van der Waals surface area contributed by atoms with Crippen molar-refractivity contribution in [1.82, 2.24) is 9.78 Å². The lowest BCUT2D eigenvalue weighted by Crippen LogP contribution is -2.20. The van der Waals surface area contributed by atoms with Gasteiger partial charge in [0.25, 0.3) is 0 Å². The van der Waals surface area contributed by atoms with E-state index in [2.05, 4.69) is 18.9 Å². The van der Waals surface area contributed by atoms with Gasteiger partial charge >= 0.3 is 0 Å². The van der Waals surface area contributed by atoms with Crippen LogP contribution in [0.1, 0.15) is 28.6 Å². The van der Waals surface area contributed by atoms with Gasteiger partial charge in [-0.3, -0.25) is 4.68 Å². The molecule has 0 bridgehead atoms. The maximum Gasteiger partial charge on any atom is 0.161 e. The van der Waals surface area contributed by atoms with Crippen molar-refractivity contribution in [2.24, 2.45) is 5.73 Å². The van der Waals surface area contributed by atoms with Crippen molar-refractivity contribution in [3.8, 4) is 11.5 Å². The minimum absolute atomic E-state index is 0.127. The summed E-state index contributed by atoms with van der Waals surface area (Å²) < 4.78 is 13.1. The van der Waals surface area contributed by atoms with Crippen molar-refractivity contribution in [3.63, 3.8) is 0 Å². The Hall–Kier alpha value is -2.01. The predicted octanol–water partition coefficient (Wildman–Crippen LogP) is 2.28. The Bertz CT molecular complexity index is 664. The minimum atomic E-state index is -0.127. The molecule has 2 aromatic rings. The van der Waals surface area contributed by atoms with E-state index < -0.39 is 0 Å². The lowest BCUT2D eigenvalue weighted by Gasteiger charge is -2.20. The normalized spacial score (nSPS) is 15.0. The van der Waals surface area contributed by atoms with Crippen LogP contribution in [0.5, 0.6) is 11.5 Å². The quantitative estimate of drug-likeness (QED) is 0.940. The average Bonchev–Trinajstić information content (AvgIpc) is 2.74. The molecule has 1 aromatic carbocycles. The summed E-state index contributed by atoms with van der Waals surface area (Å²) in [6.07, 6.45) is 0.